The lowest BCUT2D eigenvalue weighted by molar-refractivity contribution is 0.343. The second-order valence-corrected chi connectivity index (χ2v) is 6.85. The van der Waals surface area contributed by atoms with E-state index in [0.29, 0.717) is 39.3 Å². The van der Waals surface area contributed by atoms with Crippen LogP contribution in [-0.4, -0.2) is 22.6 Å². The van der Waals surface area contributed by atoms with Gasteiger partial charge in [-0.1, -0.05) is 53.2 Å². The molecule has 7 heteroatoms. The summed E-state index contributed by atoms with van der Waals surface area (Å²) in [7, 11) is 0. The number of hydrogen-bond donors (Lipinski definition) is 0. The molecule has 3 aromatic rings. The number of aromatic nitrogens is 2. The van der Waals surface area contributed by atoms with Crippen molar-refractivity contribution in [2.24, 2.45) is 0 Å². The molecule has 0 amide bonds. The van der Waals surface area contributed by atoms with Gasteiger partial charge in [-0.05, 0) is 36.8 Å². The van der Waals surface area contributed by atoms with Crippen molar-refractivity contribution in [1.82, 2.24) is 10.2 Å². The Kier molecular flexibility index (Phi) is 5.66. The molecule has 0 aliphatic carbocycles. The van der Waals surface area contributed by atoms with Gasteiger partial charge in [0.1, 0.15) is 5.75 Å². The third kappa shape index (κ3) is 4.23. The lowest BCUT2D eigenvalue weighted by Crippen LogP contribution is -2.00. The maximum atomic E-state index is 6.05. The van der Waals surface area contributed by atoms with Crippen LogP contribution >= 0.6 is 35.0 Å². The molecule has 24 heavy (non-hydrogen) atoms. The zero-order chi connectivity index (χ0) is 16.9. The van der Waals surface area contributed by atoms with Gasteiger partial charge < -0.3 is 9.15 Å². The standard InChI is InChI=1S/C17H14Cl2N2O2S/c1-11-4-2-3-5-13(11)16-20-21-17(23-16)24-9-8-22-15-7-6-12(18)10-14(15)19/h2-7,10H,8-9H2,1H3. The van der Waals surface area contributed by atoms with E-state index >= 15 is 0 Å². The summed E-state index contributed by atoms with van der Waals surface area (Å²) >= 11 is 13.3. The average molecular weight is 381 g/mol. The first-order valence-corrected chi connectivity index (χ1v) is 8.98. The van der Waals surface area contributed by atoms with Crippen LogP contribution in [-0.2, 0) is 0 Å². The number of halogens is 2. The molecule has 1 aromatic heterocycles. The Bertz CT molecular complexity index is 839. The average Bonchev–Trinajstić information content (AvgIpc) is 3.02. The van der Waals surface area contributed by atoms with E-state index in [1.54, 1.807) is 18.2 Å². The third-order valence-corrected chi connectivity index (χ3v) is 4.56. The molecule has 124 valence electrons. The minimum Gasteiger partial charge on any atom is -0.491 e. The number of rotatable bonds is 6. The molecule has 1 heterocycles. The van der Waals surface area contributed by atoms with Crippen LogP contribution in [0.5, 0.6) is 5.75 Å². The first-order valence-electron chi connectivity index (χ1n) is 7.23. The quantitative estimate of drug-likeness (QED) is 0.415. The molecular formula is C17H14Cl2N2O2S. The molecule has 0 saturated heterocycles. The molecular weight excluding hydrogens is 367 g/mol. The summed E-state index contributed by atoms with van der Waals surface area (Å²) in [5, 5.41) is 9.73. The van der Waals surface area contributed by atoms with E-state index in [1.165, 1.54) is 11.8 Å². The Hall–Kier alpha value is -1.69. The Morgan fingerprint density at radius 3 is 2.75 bits per heavy atom. The molecule has 0 atom stereocenters. The fourth-order valence-electron chi connectivity index (χ4n) is 2.06. The number of aryl methyl sites for hydroxylation is 1. The lowest BCUT2D eigenvalue weighted by Gasteiger charge is -2.06. The molecule has 0 saturated carbocycles. The van der Waals surface area contributed by atoms with Crippen LogP contribution in [0, 0.1) is 6.92 Å². The van der Waals surface area contributed by atoms with Crippen molar-refractivity contribution in [3.05, 3.63) is 58.1 Å². The van der Waals surface area contributed by atoms with Crippen molar-refractivity contribution < 1.29 is 9.15 Å². The molecule has 4 nitrogen and oxygen atoms in total. The first kappa shape index (κ1) is 17.1. The molecule has 0 bridgehead atoms. The summed E-state index contributed by atoms with van der Waals surface area (Å²) in [5.74, 6) is 1.79. The predicted octanol–water partition coefficient (Wildman–Crippen LogP) is 5.52. The van der Waals surface area contributed by atoms with Crippen LogP contribution in [0.1, 0.15) is 5.56 Å². The molecule has 0 radical (unpaired) electrons. The molecule has 0 N–H and O–H groups in total. The highest BCUT2D eigenvalue weighted by Crippen LogP contribution is 2.28. The molecule has 2 aromatic carbocycles. The van der Waals surface area contributed by atoms with Gasteiger partial charge in [0.2, 0.25) is 5.89 Å². The zero-order valence-corrected chi connectivity index (χ0v) is 15.2. The number of thioether (sulfide) groups is 1. The van der Waals surface area contributed by atoms with Crippen LogP contribution in [0.15, 0.2) is 52.1 Å². The van der Waals surface area contributed by atoms with Gasteiger partial charge in [-0.15, -0.1) is 10.2 Å². The zero-order valence-electron chi connectivity index (χ0n) is 12.8. The predicted molar refractivity (Wildman–Crippen MR) is 97.2 cm³/mol. The summed E-state index contributed by atoms with van der Waals surface area (Å²) in [6.07, 6.45) is 0. The highest BCUT2D eigenvalue weighted by Gasteiger charge is 2.11. The van der Waals surface area contributed by atoms with Gasteiger partial charge in [-0.2, -0.15) is 0 Å². The van der Waals surface area contributed by atoms with Crippen molar-refractivity contribution in [3.8, 4) is 17.2 Å². The van der Waals surface area contributed by atoms with Crippen LogP contribution in [0.2, 0.25) is 10.0 Å². The molecule has 0 spiro atoms. The number of benzene rings is 2. The lowest BCUT2D eigenvalue weighted by atomic mass is 10.1. The Labute approximate surface area is 154 Å². The Morgan fingerprint density at radius 1 is 1.12 bits per heavy atom. The van der Waals surface area contributed by atoms with Crippen LogP contribution in [0.3, 0.4) is 0 Å². The summed E-state index contributed by atoms with van der Waals surface area (Å²) < 4.78 is 11.3. The summed E-state index contributed by atoms with van der Waals surface area (Å²) in [6, 6.07) is 13.0. The van der Waals surface area contributed by atoms with Gasteiger partial charge >= 0.3 is 0 Å². The van der Waals surface area contributed by atoms with E-state index < -0.39 is 0 Å². The normalized spacial score (nSPS) is 10.8. The van der Waals surface area contributed by atoms with Crippen molar-refractivity contribution in [1.29, 1.82) is 0 Å². The van der Waals surface area contributed by atoms with Crippen LogP contribution in [0.25, 0.3) is 11.5 Å². The van der Waals surface area contributed by atoms with E-state index in [4.69, 9.17) is 32.4 Å². The summed E-state index contributed by atoms with van der Waals surface area (Å²) in [4.78, 5) is 0. The van der Waals surface area contributed by atoms with Gasteiger partial charge in [-0.25, -0.2) is 0 Å². The minimum absolute atomic E-state index is 0.466. The summed E-state index contributed by atoms with van der Waals surface area (Å²) in [5.41, 5.74) is 2.04. The van der Waals surface area contributed by atoms with Crippen LogP contribution in [0.4, 0.5) is 0 Å². The highest BCUT2D eigenvalue weighted by molar-refractivity contribution is 7.99. The number of nitrogens with zero attached hydrogens (tertiary/aromatic N) is 2. The van der Waals surface area contributed by atoms with E-state index in [9.17, 15) is 0 Å². The van der Waals surface area contributed by atoms with Crippen molar-refractivity contribution in [3.63, 3.8) is 0 Å². The van der Waals surface area contributed by atoms with Gasteiger partial charge in [0, 0.05) is 16.3 Å². The first-order chi connectivity index (χ1) is 11.6. The van der Waals surface area contributed by atoms with E-state index in [-0.39, 0.29) is 0 Å². The van der Waals surface area contributed by atoms with Gasteiger partial charge in [0.15, 0.2) is 0 Å². The highest BCUT2D eigenvalue weighted by atomic mass is 35.5. The molecule has 0 unspecified atom stereocenters. The minimum atomic E-state index is 0.466. The number of hydrogen-bond acceptors (Lipinski definition) is 5. The topological polar surface area (TPSA) is 48.2 Å². The van der Waals surface area contributed by atoms with Crippen molar-refractivity contribution in [2.75, 3.05) is 12.4 Å². The van der Waals surface area contributed by atoms with Gasteiger partial charge in [0.05, 0.1) is 11.6 Å². The maximum absolute atomic E-state index is 6.05. The monoisotopic (exact) mass is 380 g/mol. The molecule has 0 fully saturated rings. The Morgan fingerprint density at radius 2 is 1.96 bits per heavy atom. The van der Waals surface area contributed by atoms with E-state index in [1.807, 2.05) is 31.2 Å². The SMILES string of the molecule is Cc1ccccc1-c1nnc(SCCOc2ccc(Cl)cc2Cl)o1. The van der Waals surface area contributed by atoms with E-state index in [0.717, 1.165) is 11.1 Å². The summed E-state index contributed by atoms with van der Waals surface area (Å²) in [6.45, 7) is 2.48. The third-order valence-electron chi connectivity index (χ3n) is 3.24. The number of ether oxygens (including phenoxy) is 1. The van der Waals surface area contributed by atoms with Crippen molar-refractivity contribution in [2.45, 2.75) is 12.1 Å². The molecule has 0 aliphatic heterocycles. The van der Waals surface area contributed by atoms with Gasteiger partial charge in [-0.3, -0.25) is 0 Å². The molecule has 3 rings (SSSR count). The van der Waals surface area contributed by atoms with E-state index in [2.05, 4.69) is 10.2 Å². The second-order valence-electron chi connectivity index (χ2n) is 4.96. The fourth-order valence-corrected chi connectivity index (χ4v) is 3.10. The van der Waals surface area contributed by atoms with Crippen LogP contribution < -0.4 is 4.74 Å². The molecule has 0 aliphatic rings. The smallest absolute Gasteiger partial charge is 0.276 e. The van der Waals surface area contributed by atoms with Gasteiger partial charge in [0.25, 0.3) is 5.22 Å². The Balaban J connectivity index is 1.54. The fraction of sp³-hybridized carbons (Fsp3) is 0.176. The van der Waals surface area contributed by atoms with Crippen molar-refractivity contribution >= 4 is 35.0 Å². The second kappa shape index (κ2) is 7.92. The largest absolute Gasteiger partial charge is 0.491 e. The maximum Gasteiger partial charge on any atom is 0.276 e.